The van der Waals surface area contributed by atoms with Gasteiger partial charge in [0.05, 0.1) is 10.4 Å². The molecule has 1 aromatic heterocycles. The van der Waals surface area contributed by atoms with E-state index in [1.165, 1.54) is 80.8 Å². The Morgan fingerprint density at radius 3 is 2.09 bits per heavy atom. The van der Waals surface area contributed by atoms with Crippen molar-refractivity contribution in [3.05, 3.63) is 217 Å². The van der Waals surface area contributed by atoms with E-state index in [0.717, 1.165) is 11.4 Å². The molecule has 0 bridgehead atoms. The van der Waals surface area contributed by atoms with Gasteiger partial charge in [-0.15, -0.1) is 11.3 Å². The van der Waals surface area contributed by atoms with Crippen molar-refractivity contribution in [3.8, 4) is 11.1 Å². The Balaban J connectivity index is 1.06. The topological polar surface area (TPSA) is 3.24 Å². The van der Waals surface area contributed by atoms with Gasteiger partial charge in [-0.25, -0.2) is 0 Å². The van der Waals surface area contributed by atoms with Crippen molar-refractivity contribution < 1.29 is 0 Å². The van der Waals surface area contributed by atoms with Crippen LogP contribution in [0.2, 0.25) is 0 Å². The third-order valence-electron chi connectivity index (χ3n) is 11.4. The first-order valence-corrected chi connectivity index (χ1v) is 19.6. The molecule has 254 valence electrons. The maximum absolute atomic E-state index is 2.47. The lowest BCUT2D eigenvalue weighted by Gasteiger charge is -2.31. The summed E-state index contributed by atoms with van der Waals surface area (Å²) in [6, 6.07) is 62.8. The van der Waals surface area contributed by atoms with E-state index in [4.69, 9.17) is 0 Å². The minimum atomic E-state index is 0.359. The Hall–Kier alpha value is -6.48. The molecular formula is C52H35NS. The Morgan fingerprint density at radius 2 is 1.17 bits per heavy atom. The fourth-order valence-electron chi connectivity index (χ4n) is 8.79. The van der Waals surface area contributed by atoms with Crippen LogP contribution in [-0.2, 0) is 0 Å². The highest BCUT2D eigenvalue weighted by Crippen LogP contribution is 2.47. The van der Waals surface area contributed by atoms with Gasteiger partial charge in [-0.1, -0.05) is 158 Å². The number of rotatable bonds is 5. The number of hydrogen-bond donors (Lipinski definition) is 0. The third kappa shape index (κ3) is 5.06. The largest absolute Gasteiger partial charge is 0.309 e. The molecule has 54 heavy (non-hydrogen) atoms. The lowest BCUT2D eigenvalue weighted by atomic mass is 9.73. The minimum absolute atomic E-state index is 0.359. The summed E-state index contributed by atoms with van der Waals surface area (Å²) in [5.41, 5.74) is 11.1. The Morgan fingerprint density at radius 1 is 0.463 bits per heavy atom. The number of benzene rings is 8. The Labute approximate surface area is 319 Å². The molecule has 9 aromatic rings. The van der Waals surface area contributed by atoms with E-state index in [1.54, 1.807) is 0 Å². The highest BCUT2D eigenvalue weighted by Gasteiger charge is 2.28. The number of allylic oxidation sites excluding steroid dienone is 5. The first-order valence-electron chi connectivity index (χ1n) is 18.8. The fraction of sp³-hybridized carbons (Fsp3) is 0.0385. The number of fused-ring (bicyclic) bond motifs is 9. The minimum Gasteiger partial charge on any atom is -0.309 e. The van der Waals surface area contributed by atoms with Gasteiger partial charge < -0.3 is 4.90 Å². The normalized spacial score (nSPS) is 16.1. The molecule has 0 aliphatic heterocycles. The molecule has 11 rings (SSSR count). The summed E-state index contributed by atoms with van der Waals surface area (Å²) in [4.78, 5) is 2.45. The van der Waals surface area contributed by atoms with Crippen LogP contribution in [0.1, 0.15) is 22.6 Å². The number of hydrogen-bond acceptors (Lipinski definition) is 2. The molecule has 0 amide bonds. The average Bonchev–Trinajstić information content (AvgIpc) is 3.63. The van der Waals surface area contributed by atoms with Crippen LogP contribution in [0, 0.1) is 5.92 Å². The van der Waals surface area contributed by atoms with Gasteiger partial charge in [0.25, 0.3) is 0 Å². The second-order valence-corrected chi connectivity index (χ2v) is 15.5. The summed E-state index contributed by atoms with van der Waals surface area (Å²) >= 11 is 1.87. The van der Waals surface area contributed by atoms with Crippen molar-refractivity contribution in [2.75, 3.05) is 4.90 Å². The zero-order chi connectivity index (χ0) is 35.6. The molecular weight excluding hydrogens is 671 g/mol. The molecule has 2 heteroatoms. The van der Waals surface area contributed by atoms with Gasteiger partial charge in [0.2, 0.25) is 0 Å². The van der Waals surface area contributed by atoms with E-state index < -0.39 is 0 Å². The highest BCUT2D eigenvalue weighted by molar-refractivity contribution is 7.26. The van der Waals surface area contributed by atoms with Crippen LogP contribution in [0.3, 0.4) is 0 Å². The van der Waals surface area contributed by atoms with E-state index in [2.05, 4.69) is 205 Å². The van der Waals surface area contributed by atoms with Gasteiger partial charge in [0.15, 0.2) is 0 Å². The SMILES string of the molecule is C1=CC2C=C(c3ccc(N(c4cccc(-c5ccc6ccc7ccccc7c6c5)c4)c4cccc5c4sc4ccccc45)cc3)c3ccccc3C2C=C1. The summed E-state index contributed by atoms with van der Waals surface area (Å²) in [5, 5.41) is 7.69. The van der Waals surface area contributed by atoms with Crippen molar-refractivity contribution in [1.29, 1.82) is 0 Å². The summed E-state index contributed by atoms with van der Waals surface area (Å²) in [5.74, 6) is 0.748. The molecule has 2 aliphatic rings. The molecule has 2 unspecified atom stereocenters. The average molecular weight is 706 g/mol. The van der Waals surface area contributed by atoms with Gasteiger partial charge in [-0.05, 0) is 97.4 Å². The molecule has 0 N–H and O–H groups in total. The maximum atomic E-state index is 2.47. The molecule has 2 aliphatic carbocycles. The first kappa shape index (κ1) is 31.1. The van der Waals surface area contributed by atoms with E-state index in [0.29, 0.717) is 11.8 Å². The molecule has 1 heterocycles. The molecule has 2 atom stereocenters. The second-order valence-electron chi connectivity index (χ2n) is 14.4. The van der Waals surface area contributed by atoms with Gasteiger partial charge in [-0.2, -0.15) is 0 Å². The molecule has 0 saturated carbocycles. The van der Waals surface area contributed by atoms with Crippen LogP contribution in [0.25, 0.3) is 58.4 Å². The highest BCUT2D eigenvalue weighted by atomic mass is 32.1. The molecule has 0 fully saturated rings. The number of nitrogens with zero attached hydrogens (tertiary/aromatic N) is 1. The summed E-state index contributed by atoms with van der Waals surface area (Å²) < 4.78 is 2.60. The van der Waals surface area contributed by atoms with Crippen molar-refractivity contribution in [3.63, 3.8) is 0 Å². The number of thiophene rings is 1. The van der Waals surface area contributed by atoms with Gasteiger partial charge in [-0.3, -0.25) is 0 Å². The summed E-state index contributed by atoms with van der Waals surface area (Å²) in [7, 11) is 0. The lowest BCUT2D eigenvalue weighted by Crippen LogP contribution is -2.16. The van der Waals surface area contributed by atoms with E-state index in [1.807, 2.05) is 11.3 Å². The fourth-order valence-corrected chi connectivity index (χ4v) is 10.00. The molecule has 8 aromatic carbocycles. The predicted molar refractivity (Wildman–Crippen MR) is 232 cm³/mol. The smallest absolute Gasteiger partial charge is 0.0640 e. The first-order chi connectivity index (χ1) is 26.8. The van der Waals surface area contributed by atoms with Crippen LogP contribution in [0.4, 0.5) is 17.1 Å². The molecule has 1 nitrogen and oxygen atoms in total. The van der Waals surface area contributed by atoms with Crippen molar-refractivity contribution in [1.82, 2.24) is 0 Å². The second kappa shape index (κ2) is 12.6. The molecule has 0 saturated heterocycles. The number of anilines is 3. The van der Waals surface area contributed by atoms with Crippen LogP contribution < -0.4 is 4.90 Å². The molecule has 0 radical (unpaired) electrons. The lowest BCUT2D eigenvalue weighted by molar-refractivity contribution is 0.689. The zero-order valence-corrected chi connectivity index (χ0v) is 30.4. The Bertz CT molecular complexity index is 3010. The van der Waals surface area contributed by atoms with E-state index in [9.17, 15) is 0 Å². The summed E-state index contributed by atoms with van der Waals surface area (Å²) in [6.45, 7) is 0. The van der Waals surface area contributed by atoms with Crippen LogP contribution in [0.5, 0.6) is 0 Å². The maximum Gasteiger partial charge on any atom is 0.0640 e. The van der Waals surface area contributed by atoms with E-state index in [-0.39, 0.29) is 0 Å². The molecule has 0 spiro atoms. The van der Waals surface area contributed by atoms with Gasteiger partial charge in [0.1, 0.15) is 0 Å². The zero-order valence-electron chi connectivity index (χ0n) is 29.6. The van der Waals surface area contributed by atoms with Crippen molar-refractivity contribution in [2.45, 2.75) is 5.92 Å². The van der Waals surface area contributed by atoms with Gasteiger partial charge >= 0.3 is 0 Å². The Kier molecular flexibility index (Phi) is 7.24. The van der Waals surface area contributed by atoms with Crippen LogP contribution in [-0.4, -0.2) is 0 Å². The van der Waals surface area contributed by atoms with Crippen LogP contribution in [0.15, 0.2) is 200 Å². The third-order valence-corrected chi connectivity index (χ3v) is 12.6. The van der Waals surface area contributed by atoms with Crippen LogP contribution >= 0.6 is 11.3 Å². The van der Waals surface area contributed by atoms with Gasteiger partial charge in [0, 0.05) is 38.7 Å². The van der Waals surface area contributed by atoms with Crippen molar-refractivity contribution >= 4 is 75.7 Å². The standard InChI is InChI=1S/C52H35NS/c1-3-15-42-34(11-1)23-24-35-25-26-38(32-48(35)42)37-13-9-14-41(31-37)53(50-21-10-20-47-46-19-7-8-22-51(46)54-52(47)50)40-29-27-36(28-30-40)49-33-39-12-2-4-16-43(39)44-17-5-6-18-45(44)49/h1-33,39,43H. The van der Waals surface area contributed by atoms with E-state index >= 15 is 0 Å². The summed E-state index contributed by atoms with van der Waals surface area (Å²) in [6.07, 6.45) is 11.5. The predicted octanol–water partition coefficient (Wildman–Crippen LogP) is 14.8. The van der Waals surface area contributed by atoms with Crippen molar-refractivity contribution in [2.24, 2.45) is 5.92 Å². The monoisotopic (exact) mass is 705 g/mol. The quantitative estimate of drug-likeness (QED) is 0.161.